The molecule has 43 heavy (non-hydrogen) atoms. The highest BCUT2D eigenvalue weighted by atomic mass is 16.7. The maximum atomic E-state index is 13.0. The Hall–Kier alpha value is -4.45. The van der Waals surface area contributed by atoms with Crippen LogP contribution in [0.1, 0.15) is 74.7 Å². The van der Waals surface area contributed by atoms with Gasteiger partial charge in [-0.2, -0.15) is 5.10 Å². The zero-order valence-electron chi connectivity index (χ0n) is 25.2. The van der Waals surface area contributed by atoms with E-state index >= 15 is 0 Å². The molecule has 1 fully saturated rings. The van der Waals surface area contributed by atoms with Crippen LogP contribution in [0.5, 0.6) is 5.75 Å². The van der Waals surface area contributed by atoms with Gasteiger partial charge < -0.3 is 19.1 Å². The van der Waals surface area contributed by atoms with Gasteiger partial charge in [-0.3, -0.25) is 14.3 Å². The Balaban J connectivity index is 1.28. The van der Waals surface area contributed by atoms with Crippen molar-refractivity contribution in [3.05, 3.63) is 59.8 Å². The zero-order chi connectivity index (χ0) is 31.1. The van der Waals surface area contributed by atoms with E-state index in [2.05, 4.69) is 5.10 Å². The first-order valence-corrected chi connectivity index (χ1v) is 14.2. The van der Waals surface area contributed by atoms with E-state index in [4.69, 9.17) is 19.0 Å². The summed E-state index contributed by atoms with van der Waals surface area (Å²) < 4.78 is 18.7. The van der Waals surface area contributed by atoms with E-state index in [0.717, 1.165) is 17.3 Å². The predicted octanol–water partition coefficient (Wildman–Crippen LogP) is 4.54. The van der Waals surface area contributed by atoms with Crippen molar-refractivity contribution in [3.8, 4) is 5.75 Å². The van der Waals surface area contributed by atoms with Gasteiger partial charge in [0.1, 0.15) is 23.6 Å². The van der Waals surface area contributed by atoms with Crippen LogP contribution in [0.4, 0.5) is 4.79 Å². The number of hydroxylamine groups is 2. The quantitative estimate of drug-likeness (QED) is 0.287. The molecule has 2 aromatic carbocycles. The van der Waals surface area contributed by atoms with Gasteiger partial charge in [0.25, 0.3) is 11.8 Å². The average Bonchev–Trinajstić information content (AvgIpc) is 3.62. The van der Waals surface area contributed by atoms with Gasteiger partial charge in [-0.1, -0.05) is 12.1 Å². The van der Waals surface area contributed by atoms with Gasteiger partial charge in [-0.25, -0.2) is 14.4 Å². The summed E-state index contributed by atoms with van der Waals surface area (Å²) in [5.41, 5.74) is -0.294. The first-order chi connectivity index (χ1) is 20.2. The normalized spacial score (nSPS) is 17.8. The molecule has 1 unspecified atom stereocenters. The van der Waals surface area contributed by atoms with E-state index in [0.29, 0.717) is 23.9 Å². The van der Waals surface area contributed by atoms with Crippen LogP contribution < -0.4 is 4.74 Å². The van der Waals surface area contributed by atoms with Crippen molar-refractivity contribution in [2.45, 2.75) is 71.3 Å². The van der Waals surface area contributed by atoms with Crippen LogP contribution in [0.15, 0.2) is 48.7 Å². The highest BCUT2D eigenvalue weighted by Crippen LogP contribution is 2.28. The summed E-state index contributed by atoms with van der Waals surface area (Å²) in [5.74, 6) is -1.69. The van der Waals surface area contributed by atoms with Crippen molar-refractivity contribution in [3.63, 3.8) is 0 Å². The van der Waals surface area contributed by atoms with Crippen LogP contribution in [-0.4, -0.2) is 80.6 Å². The van der Waals surface area contributed by atoms with E-state index in [1.165, 1.54) is 12.1 Å². The Morgan fingerprint density at radius 2 is 1.60 bits per heavy atom. The van der Waals surface area contributed by atoms with Crippen molar-refractivity contribution >= 4 is 34.8 Å². The number of nitrogens with zero attached hydrogens (tertiary/aromatic N) is 4. The lowest BCUT2D eigenvalue weighted by molar-refractivity contribution is -0.193. The molecular weight excluding hydrogens is 556 g/mol. The highest BCUT2D eigenvalue weighted by molar-refractivity contribution is 6.20. The molecule has 2 aliphatic heterocycles. The largest absolute Gasteiger partial charge is 0.490 e. The number of amides is 3. The highest BCUT2D eigenvalue weighted by Gasteiger charge is 2.41. The van der Waals surface area contributed by atoms with E-state index in [9.17, 15) is 19.2 Å². The summed E-state index contributed by atoms with van der Waals surface area (Å²) in [5, 5.41) is 6.05. The van der Waals surface area contributed by atoms with Gasteiger partial charge in [0.05, 0.1) is 22.7 Å². The van der Waals surface area contributed by atoms with E-state index in [1.807, 2.05) is 31.6 Å². The molecule has 1 saturated heterocycles. The van der Waals surface area contributed by atoms with Gasteiger partial charge in [-0.15, -0.1) is 5.06 Å². The molecule has 0 radical (unpaired) electrons. The molecule has 228 valence electrons. The molecule has 3 heterocycles. The Kier molecular flexibility index (Phi) is 7.91. The van der Waals surface area contributed by atoms with Crippen LogP contribution in [0.25, 0.3) is 10.9 Å². The SMILES string of the molecule is CC(C)(C)OC(=O)C(COc1ccc2nn([C@@H]3CCN(C(=O)OC(C)(C)C)C3)cc2c1)ON1C(=O)c2ccccc2C1=O. The zero-order valence-corrected chi connectivity index (χ0v) is 25.2. The van der Waals surface area contributed by atoms with Crippen molar-refractivity contribution in [1.29, 1.82) is 0 Å². The van der Waals surface area contributed by atoms with Crippen molar-refractivity contribution in [2.75, 3.05) is 19.7 Å². The maximum Gasteiger partial charge on any atom is 0.410 e. The van der Waals surface area contributed by atoms with Crippen molar-refractivity contribution in [2.24, 2.45) is 0 Å². The lowest BCUT2D eigenvalue weighted by atomic mass is 10.1. The Morgan fingerprint density at radius 1 is 0.953 bits per heavy atom. The molecular formula is C31H36N4O8. The van der Waals surface area contributed by atoms with Crippen LogP contribution in [0, 0.1) is 0 Å². The van der Waals surface area contributed by atoms with Crippen LogP contribution in [-0.2, 0) is 19.1 Å². The Labute approximate surface area is 249 Å². The number of benzene rings is 2. The fraction of sp³-hybridized carbons (Fsp3) is 0.452. The number of imide groups is 1. The number of hydrogen-bond acceptors (Lipinski definition) is 9. The molecule has 3 amide bonds. The molecule has 0 aliphatic carbocycles. The predicted molar refractivity (Wildman–Crippen MR) is 154 cm³/mol. The second-order valence-electron chi connectivity index (χ2n) is 12.6. The summed E-state index contributed by atoms with van der Waals surface area (Å²) in [6.07, 6.45) is 0.873. The number of aromatic nitrogens is 2. The summed E-state index contributed by atoms with van der Waals surface area (Å²) in [7, 11) is 0. The maximum absolute atomic E-state index is 13.0. The van der Waals surface area contributed by atoms with E-state index in [1.54, 1.807) is 56.0 Å². The first kappa shape index (κ1) is 30.0. The standard InChI is InChI=1S/C31H36N4O8/c1-30(2,3)41-28(38)25(43-35-26(36)22-9-7-8-10-23(22)27(35)37)18-40-21-11-12-24-19(15-21)16-34(32-24)20-13-14-33(17-20)29(39)42-31(4,5)6/h7-12,15-16,20,25H,13-14,17-18H2,1-6H3/t20-,25?/m1/s1. The molecule has 3 aromatic rings. The third-order valence-corrected chi connectivity index (χ3v) is 6.74. The van der Waals surface area contributed by atoms with Gasteiger partial charge in [0.15, 0.2) is 0 Å². The third kappa shape index (κ3) is 6.80. The summed E-state index contributed by atoms with van der Waals surface area (Å²) >= 11 is 0. The Bertz CT molecular complexity index is 1530. The smallest absolute Gasteiger partial charge is 0.410 e. The molecule has 2 aliphatic rings. The van der Waals surface area contributed by atoms with Crippen molar-refractivity contribution < 1.29 is 38.2 Å². The molecule has 0 spiro atoms. The lowest BCUT2D eigenvalue weighted by Gasteiger charge is -2.26. The molecule has 12 heteroatoms. The molecule has 12 nitrogen and oxygen atoms in total. The molecule has 1 aromatic heterocycles. The monoisotopic (exact) mass is 592 g/mol. The second kappa shape index (κ2) is 11.3. The molecule has 5 rings (SSSR count). The molecule has 2 atom stereocenters. The fourth-order valence-corrected chi connectivity index (χ4v) is 4.82. The number of fused-ring (bicyclic) bond motifs is 2. The number of ether oxygens (including phenoxy) is 3. The second-order valence-corrected chi connectivity index (χ2v) is 12.6. The third-order valence-electron chi connectivity index (χ3n) is 6.74. The number of carbonyl (C=O) groups is 4. The van der Waals surface area contributed by atoms with Gasteiger partial charge in [0, 0.05) is 24.7 Å². The van der Waals surface area contributed by atoms with Crippen LogP contribution in [0.3, 0.4) is 0 Å². The average molecular weight is 593 g/mol. The first-order valence-electron chi connectivity index (χ1n) is 14.2. The number of carbonyl (C=O) groups excluding carboxylic acids is 4. The summed E-state index contributed by atoms with van der Waals surface area (Å²) in [4.78, 5) is 58.5. The molecule has 0 bridgehead atoms. The number of esters is 1. The Morgan fingerprint density at radius 3 is 2.23 bits per heavy atom. The minimum atomic E-state index is -1.41. The summed E-state index contributed by atoms with van der Waals surface area (Å²) in [6.45, 7) is 11.4. The number of rotatable bonds is 7. The fourth-order valence-electron chi connectivity index (χ4n) is 4.82. The minimum Gasteiger partial charge on any atom is -0.490 e. The van der Waals surface area contributed by atoms with Gasteiger partial charge in [0.2, 0.25) is 6.10 Å². The van der Waals surface area contributed by atoms with Crippen molar-refractivity contribution in [1.82, 2.24) is 19.7 Å². The van der Waals surface area contributed by atoms with E-state index < -0.39 is 35.1 Å². The van der Waals surface area contributed by atoms with Crippen LogP contribution in [0.2, 0.25) is 0 Å². The molecule has 0 saturated carbocycles. The van der Waals surface area contributed by atoms with Gasteiger partial charge >= 0.3 is 12.1 Å². The van der Waals surface area contributed by atoms with Crippen LogP contribution >= 0.6 is 0 Å². The summed E-state index contributed by atoms with van der Waals surface area (Å²) in [6, 6.07) is 11.6. The number of hydrogen-bond donors (Lipinski definition) is 0. The topological polar surface area (TPSA) is 130 Å². The number of likely N-dealkylation sites (tertiary alicyclic amines) is 1. The van der Waals surface area contributed by atoms with E-state index in [-0.39, 0.29) is 29.9 Å². The minimum absolute atomic E-state index is 0.00565. The van der Waals surface area contributed by atoms with Gasteiger partial charge in [-0.05, 0) is 78.3 Å². The molecule has 0 N–H and O–H groups in total. The lowest BCUT2D eigenvalue weighted by Crippen LogP contribution is -2.43.